The summed E-state index contributed by atoms with van der Waals surface area (Å²) in [6.45, 7) is 5.89. The molecular weight excluding hydrogens is 310 g/mol. The molecule has 0 saturated heterocycles. The van der Waals surface area contributed by atoms with Gasteiger partial charge in [-0.25, -0.2) is 0 Å². The number of oxime groups is 1. The van der Waals surface area contributed by atoms with E-state index in [9.17, 15) is 4.79 Å². The van der Waals surface area contributed by atoms with E-state index in [2.05, 4.69) is 26.4 Å². The summed E-state index contributed by atoms with van der Waals surface area (Å²) >= 11 is 3.35. The van der Waals surface area contributed by atoms with Crippen molar-refractivity contribution in [1.82, 2.24) is 0 Å². The second-order valence-corrected chi connectivity index (χ2v) is 5.56. The largest absolute Gasteiger partial charge is 0.409 e. The minimum Gasteiger partial charge on any atom is -0.409 e. The quantitative estimate of drug-likeness (QED) is 0.344. The fourth-order valence-corrected chi connectivity index (χ4v) is 1.86. The number of carbonyl (C=O) groups is 1. The lowest BCUT2D eigenvalue weighted by atomic mass is 9.97. The second kappa shape index (κ2) is 6.56. The van der Waals surface area contributed by atoms with E-state index >= 15 is 0 Å². The van der Waals surface area contributed by atoms with Crippen molar-refractivity contribution >= 4 is 33.4 Å². The first-order valence-electron chi connectivity index (χ1n) is 5.95. The van der Waals surface area contributed by atoms with E-state index in [1.54, 1.807) is 18.2 Å². The Morgan fingerprint density at radius 1 is 1.42 bits per heavy atom. The molecule has 0 bridgehead atoms. The molecular formula is C13H18BrN3O2. The summed E-state index contributed by atoms with van der Waals surface area (Å²) in [6, 6.07) is 5.07. The second-order valence-electron chi connectivity index (χ2n) is 4.70. The Kier molecular flexibility index (Phi) is 5.35. The Labute approximate surface area is 121 Å². The van der Waals surface area contributed by atoms with Gasteiger partial charge < -0.3 is 16.3 Å². The molecule has 0 saturated carbocycles. The van der Waals surface area contributed by atoms with Gasteiger partial charge in [-0.1, -0.05) is 25.9 Å². The molecule has 0 aromatic heterocycles. The van der Waals surface area contributed by atoms with Crippen molar-refractivity contribution in [2.45, 2.75) is 20.8 Å². The monoisotopic (exact) mass is 327 g/mol. The van der Waals surface area contributed by atoms with E-state index in [0.717, 1.165) is 0 Å². The molecule has 5 nitrogen and oxygen atoms in total. The molecule has 1 amide bonds. The van der Waals surface area contributed by atoms with Gasteiger partial charge in [-0.3, -0.25) is 4.79 Å². The van der Waals surface area contributed by atoms with Crippen LogP contribution in [0.5, 0.6) is 0 Å². The number of halogens is 1. The van der Waals surface area contributed by atoms with Gasteiger partial charge in [-0.2, -0.15) is 0 Å². The first kappa shape index (κ1) is 15.5. The zero-order valence-corrected chi connectivity index (χ0v) is 12.7. The summed E-state index contributed by atoms with van der Waals surface area (Å²) < 4.78 is 0.681. The third kappa shape index (κ3) is 3.96. The van der Waals surface area contributed by atoms with Crippen LogP contribution in [-0.4, -0.2) is 17.0 Å². The van der Waals surface area contributed by atoms with Gasteiger partial charge in [0.1, 0.15) is 0 Å². The van der Waals surface area contributed by atoms with Crippen LogP contribution in [-0.2, 0) is 4.79 Å². The van der Waals surface area contributed by atoms with Gasteiger partial charge in [0.25, 0.3) is 0 Å². The maximum Gasteiger partial charge on any atom is 0.227 e. The van der Waals surface area contributed by atoms with Crippen LogP contribution in [0.4, 0.5) is 5.69 Å². The Morgan fingerprint density at radius 3 is 2.53 bits per heavy atom. The summed E-state index contributed by atoms with van der Waals surface area (Å²) in [6.07, 6.45) is 0. The third-order valence-corrected chi connectivity index (χ3v) is 3.70. The Balaban J connectivity index is 2.89. The van der Waals surface area contributed by atoms with Gasteiger partial charge in [-0.15, -0.1) is 0 Å². The molecule has 0 radical (unpaired) electrons. The molecule has 0 aliphatic heterocycles. The van der Waals surface area contributed by atoms with Crippen LogP contribution >= 0.6 is 15.9 Å². The lowest BCUT2D eigenvalue weighted by molar-refractivity contribution is -0.120. The highest BCUT2D eigenvalue weighted by molar-refractivity contribution is 9.10. The molecule has 1 atom stereocenters. The fourth-order valence-electron chi connectivity index (χ4n) is 1.38. The van der Waals surface area contributed by atoms with Crippen LogP contribution in [0.1, 0.15) is 26.3 Å². The van der Waals surface area contributed by atoms with Crippen LogP contribution in [0.3, 0.4) is 0 Å². The maximum absolute atomic E-state index is 12.0. The number of hydrogen-bond donors (Lipinski definition) is 3. The van der Waals surface area contributed by atoms with E-state index in [4.69, 9.17) is 10.9 Å². The lowest BCUT2D eigenvalue weighted by Crippen LogP contribution is -2.24. The molecule has 1 aromatic carbocycles. The minimum atomic E-state index is -0.0735. The van der Waals surface area contributed by atoms with Crippen LogP contribution in [0.15, 0.2) is 27.8 Å². The average molecular weight is 328 g/mol. The number of hydrogen-bond acceptors (Lipinski definition) is 3. The van der Waals surface area contributed by atoms with Crippen LogP contribution in [0.2, 0.25) is 0 Å². The number of anilines is 1. The summed E-state index contributed by atoms with van der Waals surface area (Å²) in [5, 5.41) is 14.4. The summed E-state index contributed by atoms with van der Waals surface area (Å²) in [5.41, 5.74) is 6.73. The van der Waals surface area contributed by atoms with Gasteiger partial charge in [0.05, 0.1) is 5.69 Å². The highest BCUT2D eigenvalue weighted by Crippen LogP contribution is 2.25. The molecule has 1 rings (SSSR count). The van der Waals surface area contributed by atoms with Gasteiger partial charge in [0, 0.05) is 16.0 Å². The number of amidine groups is 1. The van der Waals surface area contributed by atoms with Crippen LogP contribution in [0, 0.1) is 11.8 Å². The molecule has 4 N–H and O–H groups in total. The third-order valence-electron chi connectivity index (χ3n) is 3.04. The van der Waals surface area contributed by atoms with Crippen molar-refractivity contribution in [2.24, 2.45) is 22.7 Å². The van der Waals surface area contributed by atoms with Crippen LogP contribution < -0.4 is 11.1 Å². The number of nitrogens with one attached hydrogen (secondary N) is 1. The van der Waals surface area contributed by atoms with E-state index in [-0.39, 0.29) is 23.6 Å². The number of rotatable bonds is 4. The standard InChI is InChI=1S/C13H18BrN3O2/c1-7(2)8(3)13(18)16-11-5-4-9(6-10(11)14)12(15)17-19/h4-8,19H,1-3H3,(H2,15,17)(H,16,18). The Morgan fingerprint density at radius 2 is 2.05 bits per heavy atom. The van der Waals surface area contributed by atoms with Crippen molar-refractivity contribution in [1.29, 1.82) is 0 Å². The zero-order valence-electron chi connectivity index (χ0n) is 11.1. The molecule has 0 aliphatic rings. The molecule has 104 valence electrons. The fraction of sp³-hybridized carbons (Fsp3) is 0.385. The van der Waals surface area contributed by atoms with E-state index in [1.807, 2.05) is 20.8 Å². The minimum absolute atomic E-state index is 0.0223. The van der Waals surface area contributed by atoms with Crippen molar-refractivity contribution in [2.75, 3.05) is 5.32 Å². The van der Waals surface area contributed by atoms with E-state index in [1.165, 1.54) is 0 Å². The van der Waals surface area contributed by atoms with Gasteiger partial charge >= 0.3 is 0 Å². The highest BCUT2D eigenvalue weighted by Gasteiger charge is 2.17. The maximum atomic E-state index is 12.0. The van der Waals surface area contributed by atoms with Crippen molar-refractivity contribution in [3.63, 3.8) is 0 Å². The number of carbonyl (C=O) groups excluding carboxylic acids is 1. The SMILES string of the molecule is CC(C)C(C)C(=O)Nc1ccc(/C(N)=N/O)cc1Br. The Hall–Kier alpha value is -1.56. The molecule has 0 spiro atoms. The first-order chi connectivity index (χ1) is 8.86. The molecule has 6 heteroatoms. The molecule has 1 aromatic rings. The summed E-state index contributed by atoms with van der Waals surface area (Å²) in [5.74, 6) is 0.187. The van der Waals surface area contributed by atoms with Crippen molar-refractivity contribution in [3.8, 4) is 0 Å². The smallest absolute Gasteiger partial charge is 0.227 e. The summed E-state index contributed by atoms with van der Waals surface area (Å²) in [7, 11) is 0. The number of amides is 1. The number of nitrogens with zero attached hydrogens (tertiary/aromatic N) is 1. The van der Waals surface area contributed by atoms with Gasteiger partial charge in [-0.05, 0) is 40.0 Å². The predicted octanol–water partition coefficient (Wildman–Crippen LogP) is 2.77. The zero-order chi connectivity index (χ0) is 14.6. The first-order valence-corrected chi connectivity index (χ1v) is 6.74. The van der Waals surface area contributed by atoms with Crippen molar-refractivity contribution < 1.29 is 10.0 Å². The number of benzene rings is 1. The van der Waals surface area contributed by atoms with E-state index < -0.39 is 0 Å². The normalized spacial score (nSPS) is 13.4. The summed E-state index contributed by atoms with van der Waals surface area (Å²) in [4.78, 5) is 12.0. The predicted molar refractivity (Wildman–Crippen MR) is 79.3 cm³/mol. The van der Waals surface area contributed by atoms with Gasteiger partial charge in [0.2, 0.25) is 5.91 Å². The molecule has 0 aliphatic carbocycles. The van der Waals surface area contributed by atoms with E-state index in [0.29, 0.717) is 15.7 Å². The Bertz CT molecular complexity index is 501. The average Bonchev–Trinajstić information content (AvgIpc) is 2.38. The molecule has 0 heterocycles. The molecule has 19 heavy (non-hydrogen) atoms. The lowest BCUT2D eigenvalue weighted by Gasteiger charge is -2.16. The van der Waals surface area contributed by atoms with Crippen molar-refractivity contribution in [3.05, 3.63) is 28.2 Å². The van der Waals surface area contributed by atoms with Gasteiger partial charge in [0.15, 0.2) is 5.84 Å². The molecule has 1 unspecified atom stereocenters. The highest BCUT2D eigenvalue weighted by atomic mass is 79.9. The van der Waals surface area contributed by atoms with Crippen LogP contribution in [0.25, 0.3) is 0 Å². The topological polar surface area (TPSA) is 87.7 Å². The number of nitrogens with two attached hydrogens (primary N) is 1. The molecule has 0 fully saturated rings.